The average Bonchev–Trinajstić information content (AvgIpc) is 2.23. The molecule has 5 nitrogen and oxygen atoms in total. The molecule has 0 rings (SSSR count). The summed E-state index contributed by atoms with van der Waals surface area (Å²) in [7, 11) is 3.13. The average molecular weight is 218 g/mol. The van der Waals surface area contributed by atoms with Gasteiger partial charge in [0.25, 0.3) is 5.91 Å². The zero-order chi connectivity index (χ0) is 11.9. The maximum Gasteiger partial charge on any atom is 0.254 e. The van der Waals surface area contributed by atoms with Gasteiger partial charge in [0.1, 0.15) is 5.60 Å². The molecule has 15 heavy (non-hydrogen) atoms. The molecule has 0 aromatic carbocycles. The fourth-order valence-electron chi connectivity index (χ4n) is 1.14. The summed E-state index contributed by atoms with van der Waals surface area (Å²) >= 11 is 0. The van der Waals surface area contributed by atoms with Crippen molar-refractivity contribution in [3.8, 4) is 0 Å². The van der Waals surface area contributed by atoms with Gasteiger partial charge in [0.2, 0.25) is 0 Å². The van der Waals surface area contributed by atoms with Crippen molar-refractivity contribution in [3.63, 3.8) is 0 Å². The third kappa shape index (κ3) is 4.59. The van der Waals surface area contributed by atoms with Crippen molar-refractivity contribution in [1.29, 1.82) is 0 Å². The first kappa shape index (κ1) is 14.3. The summed E-state index contributed by atoms with van der Waals surface area (Å²) in [6, 6.07) is 0. The predicted molar refractivity (Wildman–Crippen MR) is 58.6 cm³/mol. The third-order valence-electron chi connectivity index (χ3n) is 2.28. The molecule has 0 fully saturated rings. The minimum absolute atomic E-state index is 0.0625. The quantitative estimate of drug-likeness (QED) is 0.645. The van der Waals surface area contributed by atoms with Gasteiger partial charge in [-0.2, -0.15) is 0 Å². The Morgan fingerprint density at radius 2 is 1.93 bits per heavy atom. The maximum atomic E-state index is 12.0. The molecule has 0 aliphatic carbocycles. The molecule has 90 valence electrons. The number of nitrogens with zero attached hydrogens (tertiary/aromatic N) is 1. The van der Waals surface area contributed by atoms with Crippen LogP contribution in [0.5, 0.6) is 0 Å². The summed E-state index contributed by atoms with van der Waals surface area (Å²) in [5, 5.41) is 0. The largest absolute Gasteiger partial charge is 0.383 e. The molecule has 0 saturated heterocycles. The zero-order valence-corrected chi connectivity index (χ0v) is 10.1. The number of amides is 1. The van der Waals surface area contributed by atoms with Gasteiger partial charge in [-0.15, -0.1) is 0 Å². The van der Waals surface area contributed by atoms with E-state index in [9.17, 15) is 4.79 Å². The van der Waals surface area contributed by atoms with Crippen molar-refractivity contribution in [2.45, 2.75) is 19.4 Å². The molecule has 0 aromatic heterocycles. The lowest BCUT2D eigenvalue weighted by molar-refractivity contribution is -0.151. The second-order valence-corrected chi connectivity index (χ2v) is 3.79. The van der Waals surface area contributed by atoms with Crippen LogP contribution in [0.2, 0.25) is 0 Å². The summed E-state index contributed by atoms with van der Waals surface area (Å²) in [4.78, 5) is 13.6. The molecule has 2 N–H and O–H groups in total. The van der Waals surface area contributed by atoms with Gasteiger partial charge in [0.15, 0.2) is 0 Å². The lowest BCUT2D eigenvalue weighted by Gasteiger charge is -2.30. The van der Waals surface area contributed by atoms with Gasteiger partial charge in [0, 0.05) is 33.9 Å². The van der Waals surface area contributed by atoms with Crippen LogP contribution in [-0.2, 0) is 14.3 Å². The van der Waals surface area contributed by atoms with Gasteiger partial charge in [-0.1, -0.05) is 0 Å². The molecular weight excluding hydrogens is 196 g/mol. The Hall–Kier alpha value is -0.650. The Kier molecular flexibility index (Phi) is 6.47. The van der Waals surface area contributed by atoms with Gasteiger partial charge < -0.3 is 20.1 Å². The number of ether oxygens (including phenoxy) is 2. The third-order valence-corrected chi connectivity index (χ3v) is 2.28. The maximum absolute atomic E-state index is 12.0. The van der Waals surface area contributed by atoms with E-state index in [1.807, 2.05) is 0 Å². The molecule has 0 aliphatic rings. The Bertz CT molecular complexity index is 195. The minimum Gasteiger partial charge on any atom is -0.383 e. The minimum atomic E-state index is -0.803. The fourth-order valence-corrected chi connectivity index (χ4v) is 1.14. The summed E-state index contributed by atoms with van der Waals surface area (Å²) in [6.45, 7) is 5.49. The van der Waals surface area contributed by atoms with E-state index in [0.29, 0.717) is 26.2 Å². The first-order valence-corrected chi connectivity index (χ1v) is 5.03. The highest BCUT2D eigenvalue weighted by molar-refractivity contribution is 5.84. The number of carbonyl (C=O) groups excluding carboxylic acids is 1. The van der Waals surface area contributed by atoms with Crippen molar-refractivity contribution < 1.29 is 14.3 Å². The first-order valence-electron chi connectivity index (χ1n) is 5.03. The number of nitrogens with two attached hydrogens (primary N) is 1. The van der Waals surface area contributed by atoms with Crippen LogP contribution in [0.25, 0.3) is 0 Å². The Labute approximate surface area is 91.5 Å². The highest BCUT2D eigenvalue weighted by Crippen LogP contribution is 2.11. The Morgan fingerprint density at radius 3 is 2.33 bits per heavy atom. The lowest BCUT2D eigenvalue weighted by atomic mass is 10.1. The second kappa shape index (κ2) is 6.76. The summed E-state index contributed by atoms with van der Waals surface area (Å²) in [6.07, 6.45) is 0. The predicted octanol–water partition coefficient (Wildman–Crippen LogP) is -0.155. The molecule has 0 atom stereocenters. The summed E-state index contributed by atoms with van der Waals surface area (Å²) in [5.74, 6) is -0.0625. The van der Waals surface area contributed by atoms with Gasteiger partial charge >= 0.3 is 0 Å². The normalized spacial score (nSPS) is 11.5. The van der Waals surface area contributed by atoms with E-state index in [1.165, 1.54) is 7.11 Å². The number of methoxy groups -OCH3 is 2. The van der Waals surface area contributed by atoms with Crippen molar-refractivity contribution in [2.75, 3.05) is 40.5 Å². The molecule has 0 bridgehead atoms. The molecule has 1 amide bonds. The van der Waals surface area contributed by atoms with Gasteiger partial charge in [-0.25, -0.2) is 0 Å². The topological polar surface area (TPSA) is 64.8 Å². The van der Waals surface area contributed by atoms with Crippen LogP contribution >= 0.6 is 0 Å². The van der Waals surface area contributed by atoms with Crippen LogP contribution in [0.3, 0.4) is 0 Å². The molecule has 0 heterocycles. The molecule has 0 aromatic rings. The van der Waals surface area contributed by atoms with E-state index in [-0.39, 0.29) is 5.91 Å². The molecule has 5 heteroatoms. The second-order valence-electron chi connectivity index (χ2n) is 3.79. The van der Waals surface area contributed by atoms with Crippen molar-refractivity contribution in [1.82, 2.24) is 4.90 Å². The van der Waals surface area contributed by atoms with Crippen molar-refractivity contribution in [2.24, 2.45) is 5.73 Å². The van der Waals surface area contributed by atoms with Crippen LogP contribution < -0.4 is 5.73 Å². The molecule has 0 radical (unpaired) electrons. The van der Waals surface area contributed by atoms with Crippen LogP contribution in [-0.4, -0.2) is 56.9 Å². The zero-order valence-electron chi connectivity index (χ0n) is 10.1. The van der Waals surface area contributed by atoms with Crippen LogP contribution in [0.4, 0.5) is 0 Å². The summed E-state index contributed by atoms with van der Waals surface area (Å²) < 4.78 is 10.1. The standard InChI is InChI=1S/C10H22N2O3/c1-10(2,15-4)9(13)12(6-5-11)7-8-14-3/h5-8,11H2,1-4H3. The number of hydrogen-bond donors (Lipinski definition) is 1. The smallest absolute Gasteiger partial charge is 0.254 e. The SMILES string of the molecule is COCCN(CCN)C(=O)C(C)(C)OC. The van der Waals surface area contributed by atoms with Crippen molar-refractivity contribution in [3.05, 3.63) is 0 Å². The molecule has 0 aliphatic heterocycles. The highest BCUT2D eigenvalue weighted by atomic mass is 16.5. The van der Waals surface area contributed by atoms with E-state index in [2.05, 4.69) is 0 Å². The van der Waals surface area contributed by atoms with Crippen LogP contribution in [0, 0.1) is 0 Å². The van der Waals surface area contributed by atoms with Gasteiger partial charge in [0.05, 0.1) is 6.61 Å². The molecule has 0 spiro atoms. The molecule has 0 saturated carbocycles. The van der Waals surface area contributed by atoms with E-state index in [1.54, 1.807) is 25.9 Å². The van der Waals surface area contributed by atoms with Gasteiger partial charge in [-0.3, -0.25) is 4.79 Å². The van der Waals surface area contributed by atoms with E-state index >= 15 is 0 Å². The van der Waals surface area contributed by atoms with Crippen LogP contribution in [0.1, 0.15) is 13.8 Å². The first-order chi connectivity index (χ1) is 6.99. The number of hydrogen-bond acceptors (Lipinski definition) is 4. The Balaban J connectivity index is 4.40. The van der Waals surface area contributed by atoms with Gasteiger partial charge in [-0.05, 0) is 13.8 Å². The number of carbonyl (C=O) groups is 1. The van der Waals surface area contributed by atoms with E-state index in [4.69, 9.17) is 15.2 Å². The molecular formula is C10H22N2O3. The Morgan fingerprint density at radius 1 is 1.33 bits per heavy atom. The van der Waals surface area contributed by atoms with Crippen molar-refractivity contribution >= 4 is 5.91 Å². The fraction of sp³-hybridized carbons (Fsp3) is 0.900. The van der Waals surface area contributed by atoms with Crippen LogP contribution in [0.15, 0.2) is 0 Å². The van der Waals surface area contributed by atoms with E-state index < -0.39 is 5.60 Å². The van der Waals surface area contributed by atoms with E-state index in [0.717, 1.165) is 0 Å². The molecule has 0 unspecified atom stereocenters. The lowest BCUT2D eigenvalue weighted by Crippen LogP contribution is -2.49. The summed E-state index contributed by atoms with van der Waals surface area (Å²) in [5.41, 5.74) is 4.65. The highest BCUT2D eigenvalue weighted by Gasteiger charge is 2.31. The number of rotatable bonds is 7. The monoisotopic (exact) mass is 218 g/mol.